The Hall–Kier alpha value is -1.40. The second-order valence-electron chi connectivity index (χ2n) is 4.27. The van der Waals surface area contributed by atoms with Gasteiger partial charge in [0.15, 0.2) is 5.82 Å². The van der Waals surface area contributed by atoms with E-state index in [1.165, 1.54) is 0 Å². The highest BCUT2D eigenvalue weighted by atomic mass is 16.5. The SMILES string of the molecule is CCCC(O)CNc1cc(NC)nc(COCC)n1. The van der Waals surface area contributed by atoms with Crippen molar-refractivity contribution in [3.8, 4) is 0 Å². The molecule has 0 aliphatic rings. The van der Waals surface area contributed by atoms with E-state index < -0.39 is 0 Å². The van der Waals surface area contributed by atoms with Gasteiger partial charge in [0.2, 0.25) is 0 Å². The van der Waals surface area contributed by atoms with Gasteiger partial charge in [-0.05, 0) is 13.3 Å². The van der Waals surface area contributed by atoms with Crippen LogP contribution < -0.4 is 10.6 Å². The van der Waals surface area contributed by atoms with Crippen molar-refractivity contribution in [1.29, 1.82) is 0 Å². The van der Waals surface area contributed by atoms with Crippen LogP contribution in [0, 0.1) is 0 Å². The van der Waals surface area contributed by atoms with Gasteiger partial charge >= 0.3 is 0 Å². The molecule has 0 saturated carbocycles. The summed E-state index contributed by atoms with van der Waals surface area (Å²) < 4.78 is 5.31. The van der Waals surface area contributed by atoms with Gasteiger partial charge in [-0.15, -0.1) is 0 Å². The number of nitrogens with one attached hydrogen (secondary N) is 2. The number of nitrogens with zero attached hydrogens (tertiary/aromatic N) is 2. The molecule has 0 amide bonds. The molecule has 1 atom stereocenters. The molecule has 0 aliphatic heterocycles. The molecule has 0 fully saturated rings. The van der Waals surface area contributed by atoms with Crippen molar-refractivity contribution < 1.29 is 9.84 Å². The molecule has 1 unspecified atom stereocenters. The molecule has 0 saturated heterocycles. The first-order chi connectivity index (χ1) is 9.19. The van der Waals surface area contributed by atoms with E-state index in [9.17, 15) is 5.11 Å². The van der Waals surface area contributed by atoms with Crippen molar-refractivity contribution in [3.05, 3.63) is 11.9 Å². The number of aliphatic hydroxyl groups excluding tert-OH is 1. The van der Waals surface area contributed by atoms with Gasteiger partial charge in [0.05, 0.1) is 6.10 Å². The quantitative estimate of drug-likeness (QED) is 0.631. The van der Waals surface area contributed by atoms with Gasteiger partial charge in [0, 0.05) is 26.3 Å². The zero-order chi connectivity index (χ0) is 14.1. The van der Waals surface area contributed by atoms with Crippen molar-refractivity contribution >= 4 is 11.6 Å². The van der Waals surface area contributed by atoms with E-state index in [0.29, 0.717) is 31.4 Å². The summed E-state index contributed by atoms with van der Waals surface area (Å²) in [7, 11) is 1.81. The third kappa shape index (κ3) is 5.85. The number of hydrogen-bond acceptors (Lipinski definition) is 6. The first-order valence-corrected chi connectivity index (χ1v) is 6.75. The Kier molecular flexibility index (Phi) is 7.14. The van der Waals surface area contributed by atoms with E-state index in [4.69, 9.17) is 4.74 Å². The third-order valence-electron chi connectivity index (χ3n) is 2.60. The summed E-state index contributed by atoms with van der Waals surface area (Å²) in [5.74, 6) is 2.06. The van der Waals surface area contributed by atoms with Crippen LogP contribution in [0.3, 0.4) is 0 Å². The van der Waals surface area contributed by atoms with Crippen molar-refractivity contribution in [2.45, 2.75) is 39.4 Å². The maximum atomic E-state index is 9.70. The summed E-state index contributed by atoms with van der Waals surface area (Å²) in [6, 6.07) is 1.81. The Morgan fingerprint density at radius 1 is 1.32 bits per heavy atom. The van der Waals surface area contributed by atoms with Gasteiger partial charge in [-0.3, -0.25) is 0 Å². The summed E-state index contributed by atoms with van der Waals surface area (Å²) in [5, 5.41) is 15.8. The van der Waals surface area contributed by atoms with E-state index in [1.807, 2.05) is 27.0 Å². The highest BCUT2D eigenvalue weighted by molar-refractivity contribution is 5.47. The van der Waals surface area contributed by atoms with Crippen molar-refractivity contribution in [2.75, 3.05) is 30.8 Å². The van der Waals surface area contributed by atoms with Crippen LogP contribution in [0.25, 0.3) is 0 Å². The molecule has 1 rings (SSSR count). The lowest BCUT2D eigenvalue weighted by atomic mass is 10.2. The van der Waals surface area contributed by atoms with Crippen LogP contribution >= 0.6 is 0 Å². The number of ether oxygens (including phenoxy) is 1. The normalized spacial score (nSPS) is 12.2. The molecule has 6 nitrogen and oxygen atoms in total. The van der Waals surface area contributed by atoms with Crippen LogP contribution in [0.1, 0.15) is 32.5 Å². The zero-order valence-electron chi connectivity index (χ0n) is 11.9. The molecule has 1 heterocycles. The van der Waals surface area contributed by atoms with E-state index in [1.54, 1.807) is 0 Å². The molecule has 0 aromatic carbocycles. The van der Waals surface area contributed by atoms with Gasteiger partial charge < -0.3 is 20.5 Å². The van der Waals surface area contributed by atoms with E-state index in [-0.39, 0.29) is 6.10 Å². The Balaban J connectivity index is 2.65. The molecule has 108 valence electrons. The van der Waals surface area contributed by atoms with E-state index in [2.05, 4.69) is 20.6 Å². The summed E-state index contributed by atoms with van der Waals surface area (Å²) in [5.41, 5.74) is 0. The Bertz CT molecular complexity index is 374. The number of aromatic nitrogens is 2. The van der Waals surface area contributed by atoms with Crippen LogP contribution in [0.2, 0.25) is 0 Å². The smallest absolute Gasteiger partial charge is 0.158 e. The fraction of sp³-hybridized carbons (Fsp3) is 0.692. The third-order valence-corrected chi connectivity index (χ3v) is 2.60. The van der Waals surface area contributed by atoms with E-state index >= 15 is 0 Å². The van der Waals surface area contributed by atoms with Crippen LogP contribution in [0.4, 0.5) is 11.6 Å². The predicted octanol–water partition coefficient (Wildman–Crippen LogP) is 1.63. The fourth-order valence-electron chi connectivity index (χ4n) is 1.63. The topological polar surface area (TPSA) is 79.3 Å². The van der Waals surface area contributed by atoms with Gasteiger partial charge in [-0.2, -0.15) is 0 Å². The first kappa shape index (κ1) is 15.7. The standard InChI is InChI=1S/C13H24N4O2/c1-4-6-10(18)8-15-12-7-11(14-3)16-13(17-12)9-19-5-2/h7,10,18H,4-6,8-9H2,1-3H3,(H2,14,15,16,17). The Morgan fingerprint density at radius 2 is 2.05 bits per heavy atom. The van der Waals surface area contributed by atoms with Gasteiger partial charge in [0.25, 0.3) is 0 Å². The van der Waals surface area contributed by atoms with Crippen LogP contribution in [0.5, 0.6) is 0 Å². The highest BCUT2D eigenvalue weighted by Gasteiger charge is 2.06. The first-order valence-electron chi connectivity index (χ1n) is 6.75. The molecule has 1 aromatic rings. The van der Waals surface area contributed by atoms with E-state index in [0.717, 1.165) is 18.7 Å². The number of anilines is 2. The molecule has 0 bridgehead atoms. The molecule has 1 aromatic heterocycles. The fourth-order valence-corrected chi connectivity index (χ4v) is 1.63. The highest BCUT2D eigenvalue weighted by Crippen LogP contribution is 2.12. The molecular weight excluding hydrogens is 244 g/mol. The summed E-state index contributed by atoms with van der Waals surface area (Å²) >= 11 is 0. The monoisotopic (exact) mass is 268 g/mol. The molecule has 6 heteroatoms. The second kappa shape index (κ2) is 8.66. The van der Waals surface area contributed by atoms with Crippen LogP contribution in [-0.4, -0.2) is 41.4 Å². The zero-order valence-corrected chi connectivity index (χ0v) is 11.9. The summed E-state index contributed by atoms with van der Waals surface area (Å²) in [6.07, 6.45) is 1.39. The maximum Gasteiger partial charge on any atom is 0.158 e. The Labute approximate surface area is 114 Å². The average Bonchev–Trinajstić information content (AvgIpc) is 2.43. The lowest BCUT2D eigenvalue weighted by Gasteiger charge is -2.13. The minimum atomic E-state index is -0.353. The molecule has 0 aliphatic carbocycles. The lowest BCUT2D eigenvalue weighted by Crippen LogP contribution is -2.20. The summed E-state index contributed by atoms with van der Waals surface area (Å²) in [6.45, 7) is 5.49. The van der Waals surface area contributed by atoms with Gasteiger partial charge in [0.1, 0.15) is 18.2 Å². The molecule has 0 spiro atoms. The van der Waals surface area contributed by atoms with Crippen LogP contribution in [0.15, 0.2) is 6.07 Å². The van der Waals surface area contributed by atoms with Gasteiger partial charge in [-0.1, -0.05) is 13.3 Å². The predicted molar refractivity (Wildman–Crippen MR) is 76.3 cm³/mol. The van der Waals surface area contributed by atoms with Crippen molar-refractivity contribution in [1.82, 2.24) is 9.97 Å². The average molecular weight is 268 g/mol. The minimum absolute atomic E-state index is 0.353. The number of rotatable bonds is 9. The largest absolute Gasteiger partial charge is 0.391 e. The molecular formula is C13H24N4O2. The lowest BCUT2D eigenvalue weighted by molar-refractivity contribution is 0.128. The second-order valence-corrected chi connectivity index (χ2v) is 4.27. The Morgan fingerprint density at radius 3 is 2.68 bits per heavy atom. The summed E-state index contributed by atoms with van der Waals surface area (Å²) in [4.78, 5) is 8.66. The molecule has 19 heavy (non-hydrogen) atoms. The molecule has 0 radical (unpaired) electrons. The maximum absolute atomic E-state index is 9.70. The van der Waals surface area contributed by atoms with Crippen molar-refractivity contribution in [3.63, 3.8) is 0 Å². The minimum Gasteiger partial charge on any atom is -0.391 e. The number of aliphatic hydroxyl groups is 1. The van der Waals surface area contributed by atoms with Crippen LogP contribution in [-0.2, 0) is 11.3 Å². The van der Waals surface area contributed by atoms with Crippen molar-refractivity contribution in [2.24, 2.45) is 0 Å². The number of hydrogen-bond donors (Lipinski definition) is 3. The van der Waals surface area contributed by atoms with Gasteiger partial charge in [-0.25, -0.2) is 9.97 Å². The molecule has 3 N–H and O–H groups in total.